The molecule has 0 aliphatic carbocycles. The van der Waals surface area contributed by atoms with Gasteiger partial charge in [0.25, 0.3) is 0 Å². The van der Waals surface area contributed by atoms with Gasteiger partial charge >= 0.3 is 0 Å². The van der Waals surface area contributed by atoms with Crippen LogP contribution in [0, 0.1) is 0 Å². The Kier molecular flexibility index (Phi) is 14.7. The van der Waals surface area contributed by atoms with Gasteiger partial charge in [-0.3, -0.25) is 0 Å². The maximum absolute atomic E-state index is 5.41. The van der Waals surface area contributed by atoms with E-state index in [1.165, 1.54) is 0 Å². The zero-order valence-electron chi connectivity index (χ0n) is 47.2. The molecule has 0 radical (unpaired) electrons. The Bertz CT molecular complexity index is 4160. The predicted molar refractivity (Wildman–Crippen MR) is 360 cm³/mol. The van der Waals surface area contributed by atoms with Crippen LogP contribution in [0.15, 0.2) is 352 Å². The number of nitrogens with zero attached hydrogens (tertiary/aromatic N) is 6. The van der Waals surface area contributed by atoms with Crippen molar-refractivity contribution < 1.29 is 0 Å². The Labute approximate surface area is 502 Å². The smallest absolute Gasteiger partial charge is 0.0973 e. The van der Waals surface area contributed by atoms with Gasteiger partial charge in [-0.05, 0) is 157 Å². The van der Waals surface area contributed by atoms with Gasteiger partial charge in [0, 0.05) is 79.1 Å². The molecule has 0 fully saturated rings. The molecule has 0 amide bonds. The highest BCUT2D eigenvalue weighted by molar-refractivity contribution is 5.93. The molecule has 1 aromatic heterocycles. The van der Waals surface area contributed by atoms with E-state index in [9.17, 15) is 0 Å². The van der Waals surface area contributed by atoms with Gasteiger partial charge in [-0.1, -0.05) is 206 Å². The molecule has 1 heterocycles. The topological polar surface area (TPSA) is 38.7 Å². The molecule has 0 bridgehead atoms. The third-order valence-electron chi connectivity index (χ3n) is 15.6. The first kappa shape index (κ1) is 52.5. The van der Waals surface area contributed by atoms with Gasteiger partial charge in [0.15, 0.2) is 0 Å². The lowest BCUT2D eigenvalue weighted by Crippen LogP contribution is -2.13. The van der Waals surface area contributed by atoms with Crippen molar-refractivity contribution in [2.45, 2.75) is 0 Å². The molecule has 0 atom stereocenters. The van der Waals surface area contributed by atoms with Crippen LogP contribution in [-0.2, 0) is 0 Å². The third kappa shape index (κ3) is 10.7. The molecule has 0 unspecified atom stereocenters. The van der Waals surface area contributed by atoms with E-state index >= 15 is 0 Å². The normalized spacial score (nSPS) is 11.0. The van der Waals surface area contributed by atoms with Crippen LogP contribution in [0.1, 0.15) is 0 Å². The second-order valence-corrected chi connectivity index (χ2v) is 21.0. The van der Waals surface area contributed by atoms with Gasteiger partial charge in [0.05, 0.1) is 33.8 Å². The van der Waals surface area contributed by atoms with Crippen molar-refractivity contribution in [1.29, 1.82) is 0 Å². The molecular weight excluding hydrogens is 1040 g/mol. The zero-order chi connectivity index (χ0) is 57.4. The van der Waals surface area contributed by atoms with Gasteiger partial charge in [-0.15, -0.1) is 0 Å². The zero-order valence-corrected chi connectivity index (χ0v) is 47.2. The largest absolute Gasteiger partial charge is 0.311 e. The molecule has 0 aliphatic heterocycles. The Morgan fingerprint density at radius 3 is 0.686 bits per heavy atom. The van der Waals surface area contributed by atoms with Crippen molar-refractivity contribution in [3.63, 3.8) is 0 Å². The van der Waals surface area contributed by atoms with Gasteiger partial charge in [0.2, 0.25) is 0 Å². The minimum Gasteiger partial charge on any atom is -0.311 e. The van der Waals surface area contributed by atoms with E-state index in [-0.39, 0.29) is 0 Å². The average Bonchev–Trinajstić information content (AvgIpc) is 2.48. The minimum absolute atomic E-state index is 0.800. The van der Waals surface area contributed by atoms with Crippen LogP contribution in [0.3, 0.4) is 0 Å². The maximum Gasteiger partial charge on any atom is 0.0973 e. The van der Waals surface area contributed by atoms with Crippen LogP contribution in [0.5, 0.6) is 0 Å². The lowest BCUT2D eigenvalue weighted by Gasteiger charge is -2.30. The van der Waals surface area contributed by atoms with E-state index in [0.29, 0.717) is 0 Å². The fourth-order valence-electron chi connectivity index (χ4n) is 11.6. The summed E-state index contributed by atoms with van der Waals surface area (Å²) in [4.78, 5) is 20.1. The summed E-state index contributed by atoms with van der Waals surface area (Å²) < 4.78 is 0. The second-order valence-electron chi connectivity index (χ2n) is 21.0. The van der Waals surface area contributed by atoms with Gasteiger partial charge in [-0.25, -0.2) is 9.97 Å². The first-order valence-corrected chi connectivity index (χ1v) is 29.1. The van der Waals surface area contributed by atoms with Crippen LogP contribution in [0.25, 0.3) is 55.8 Å². The summed E-state index contributed by atoms with van der Waals surface area (Å²) in [5.74, 6) is 0. The van der Waals surface area contributed by atoms with Gasteiger partial charge in [0.1, 0.15) is 0 Å². The molecule has 6 heteroatoms. The van der Waals surface area contributed by atoms with Crippen LogP contribution >= 0.6 is 0 Å². The van der Waals surface area contributed by atoms with E-state index in [1.807, 2.05) is 24.3 Å². The number of benzene rings is 13. The number of hydrogen-bond donors (Lipinski definition) is 0. The number of fused-ring (bicyclic) bond motifs is 1. The summed E-state index contributed by atoms with van der Waals surface area (Å²) in [7, 11) is 0. The standard InChI is InChI=1S/C80H58N6/c1-7-25-59(26-8-1)73-37-19-23-41-77(73)85(71-55-51-67(52-56-71)83(63-29-11-3-12-30-63)64-31-13-4-14-32-64)69-47-43-61(44-48-69)79-80(82-76-40-22-21-39-75(76)81-79)62-45-49-70(50-46-62)86(78-42-24-20-38-74(78)60-27-9-2-10-28-60)72-57-53-68(54-58-72)84(65-33-15-5-16-34-65)66-35-17-6-18-36-66/h1-58H. The summed E-state index contributed by atoms with van der Waals surface area (Å²) in [6.45, 7) is 0. The van der Waals surface area contributed by atoms with Crippen molar-refractivity contribution >= 4 is 79.3 Å². The molecule has 0 saturated heterocycles. The lowest BCUT2D eigenvalue weighted by atomic mass is 10.00. The summed E-state index contributed by atoms with van der Waals surface area (Å²) in [6.07, 6.45) is 0. The summed E-state index contributed by atoms with van der Waals surface area (Å²) in [5.41, 5.74) is 22.3. The Balaban J connectivity index is 0.852. The van der Waals surface area contributed by atoms with Crippen LogP contribution in [0.2, 0.25) is 0 Å². The SMILES string of the molecule is c1ccc(-c2ccccc2N(c2ccc(-c3nc4ccccc4nc3-c3ccc(N(c4ccc(N(c5ccccc5)c5ccccc5)cc4)c4ccccc4-c4ccccc4)cc3)cc2)c2ccc(N(c3ccccc3)c3ccccc3)cc2)cc1. The number of aromatic nitrogens is 2. The molecule has 0 aliphatic rings. The van der Waals surface area contributed by atoms with E-state index in [4.69, 9.17) is 9.97 Å². The van der Waals surface area contributed by atoms with Gasteiger partial charge < -0.3 is 19.6 Å². The van der Waals surface area contributed by atoms with E-state index < -0.39 is 0 Å². The molecule has 408 valence electrons. The number of para-hydroxylation sites is 8. The molecule has 0 saturated carbocycles. The fraction of sp³-hybridized carbons (Fsp3) is 0. The third-order valence-corrected chi connectivity index (χ3v) is 15.6. The number of hydrogen-bond acceptors (Lipinski definition) is 6. The molecule has 0 spiro atoms. The van der Waals surface area contributed by atoms with Crippen molar-refractivity contribution in [2.24, 2.45) is 0 Å². The minimum atomic E-state index is 0.800. The van der Waals surface area contributed by atoms with E-state index in [0.717, 1.165) is 124 Å². The maximum atomic E-state index is 5.41. The summed E-state index contributed by atoms with van der Waals surface area (Å²) in [5, 5.41) is 0. The van der Waals surface area contributed by atoms with Crippen LogP contribution in [-0.4, -0.2) is 9.97 Å². The monoisotopic (exact) mass is 1100 g/mol. The van der Waals surface area contributed by atoms with E-state index in [2.05, 4.69) is 347 Å². The molecular formula is C80H58N6. The lowest BCUT2D eigenvalue weighted by molar-refractivity contribution is 1.25. The Morgan fingerprint density at radius 1 is 0.163 bits per heavy atom. The number of rotatable bonds is 16. The van der Waals surface area contributed by atoms with Crippen molar-refractivity contribution in [1.82, 2.24) is 9.97 Å². The molecule has 6 nitrogen and oxygen atoms in total. The highest BCUT2D eigenvalue weighted by Crippen LogP contribution is 2.46. The summed E-state index contributed by atoms with van der Waals surface area (Å²) in [6, 6.07) is 124. The first-order valence-electron chi connectivity index (χ1n) is 29.1. The average molecular weight is 1100 g/mol. The van der Waals surface area contributed by atoms with Crippen LogP contribution < -0.4 is 19.6 Å². The van der Waals surface area contributed by atoms with Crippen molar-refractivity contribution in [3.8, 4) is 44.8 Å². The molecule has 86 heavy (non-hydrogen) atoms. The molecule has 0 N–H and O–H groups in total. The van der Waals surface area contributed by atoms with E-state index in [1.54, 1.807) is 0 Å². The van der Waals surface area contributed by atoms with Gasteiger partial charge in [-0.2, -0.15) is 0 Å². The Hall–Kier alpha value is -11.6. The summed E-state index contributed by atoms with van der Waals surface area (Å²) >= 11 is 0. The second kappa shape index (κ2) is 24.1. The van der Waals surface area contributed by atoms with Crippen molar-refractivity contribution in [3.05, 3.63) is 352 Å². The molecule has 14 rings (SSSR count). The Morgan fingerprint density at radius 2 is 0.384 bits per heavy atom. The molecule has 13 aromatic carbocycles. The van der Waals surface area contributed by atoms with Crippen molar-refractivity contribution in [2.75, 3.05) is 19.6 Å². The predicted octanol–water partition coefficient (Wildman–Crippen LogP) is 22.2. The highest BCUT2D eigenvalue weighted by Gasteiger charge is 2.23. The highest BCUT2D eigenvalue weighted by atomic mass is 15.2. The first-order chi connectivity index (χ1) is 42.7. The fourth-order valence-corrected chi connectivity index (χ4v) is 11.6. The number of anilines is 12. The van der Waals surface area contributed by atoms with Crippen LogP contribution in [0.4, 0.5) is 68.2 Å². The molecule has 14 aromatic rings. The quantitative estimate of drug-likeness (QED) is 0.0960.